The number of benzene rings is 2. The molecule has 0 heterocycles. The van der Waals surface area contributed by atoms with Crippen LogP contribution in [0, 0.1) is 11.3 Å². The molecule has 0 aromatic heterocycles. The molecule has 0 aliphatic rings. The molecule has 0 spiro atoms. The van der Waals surface area contributed by atoms with Gasteiger partial charge in [0.1, 0.15) is 29.7 Å². The summed E-state index contributed by atoms with van der Waals surface area (Å²) in [6, 6.07) is 12.8. The highest BCUT2D eigenvalue weighted by molar-refractivity contribution is 9.10. The second-order valence-electron chi connectivity index (χ2n) is 3.97. The van der Waals surface area contributed by atoms with Crippen LogP contribution in [0.3, 0.4) is 0 Å². The van der Waals surface area contributed by atoms with E-state index in [2.05, 4.69) is 15.9 Å². The van der Waals surface area contributed by atoms with Crippen molar-refractivity contribution in [2.24, 2.45) is 0 Å². The number of nitriles is 1. The zero-order valence-electron chi connectivity index (χ0n) is 10.7. The Bertz CT molecular complexity index is 667. The fraction of sp³-hybridized carbons (Fsp3) is 0.133. The van der Waals surface area contributed by atoms with Crippen LogP contribution in [0.15, 0.2) is 40.9 Å². The summed E-state index contributed by atoms with van der Waals surface area (Å²) in [5.74, 6) is 1.19. The number of hydrogen-bond donors (Lipinski definition) is 0. The lowest BCUT2D eigenvalue weighted by atomic mass is 10.2. The second kappa shape index (κ2) is 6.65. The molecule has 2 rings (SSSR count). The van der Waals surface area contributed by atoms with Crippen LogP contribution < -0.4 is 9.47 Å². The zero-order chi connectivity index (χ0) is 14.5. The van der Waals surface area contributed by atoms with Crippen molar-refractivity contribution in [2.45, 2.75) is 6.61 Å². The van der Waals surface area contributed by atoms with Crippen molar-refractivity contribution < 1.29 is 9.47 Å². The van der Waals surface area contributed by atoms with Crippen LogP contribution in [-0.2, 0) is 6.61 Å². The highest BCUT2D eigenvalue weighted by Crippen LogP contribution is 2.28. The van der Waals surface area contributed by atoms with Crippen molar-refractivity contribution in [3.8, 4) is 17.6 Å². The number of nitrogens with zero attached hydrogens (tertiary/aromatic N) is 1. The van der Waals surface area contributed by atoms with E-state index < -0.39 is 0 Å². The Kier molecular flexibility index (Phi) is 4.89. The fourth-order valence-corrected chi connectivity index (χ4v) is 2.37. The third kappa shape index (κ3) is 3.24. The van der Waals surface area contributed by atoms with Gasteiger partial charge in [-0.05, 0) is 30.3 Å². The summed E-state index contributed by atoms with van der Waals surface area (Å²) in [6.45, 7) is 0.289. The topological polar surface area (TPSA) is 42.2 Å². The van der Waals surface area contributed by atoms with E-state index in [0.717, 1.165) is 15.8 Å². The first-order valence-corrected chi connectivity index (χ1v) is 6.96. The van der Waals surface area contributed by atoms with Crippen LogP contribution in [0.2, 0.25) is 5.02 Å². The van der Waals surface area contributed by atoms with Crippen molar-refractivity contribution in [1.82, 2.24) is 0 Å². The number of hydrogen-bond acceptors (Lipinski definition) is 3. The zero-order valence-corrected chi connectivity index (χ0v) is 13.0. The molecule has 102 valence electrons. The first kappa shape index (κ1) is 14.7. The summed E-state index contributed by atoms with van der Waals surface area (Å²) in [6.07, 6.45) is 0. The highest BCUT2D eigenvalue weighted by Gasteiger charge is 2.10. The molecule has 3 nitrogen and oxygen atoms in total. The van der Waals surface area contributed by atoms with Gasteiger partial charge in [-0.25, -0.2) is 0 Å². The molecule has 0 aliphatic carbocycles. The molecule has 5 heteroatoms. The molecule has 0 unspecified atom stereocenters. The number of rotatable bonds is 4. The van der Waals surface area contributed by atoms with Gasteiger partial charge in [-0.2, -0.15) is 5.26 Å². The Labute approximate surface area is 130 Å². The number of methoxy groups -OCH3 is 1. The molecule has 2 aromatic rings. The Balaban J connectivity index is 2.24. The van der Waals surface area contributed by atoms with Crippen molar-refractivity contribution in [2.75, 3.05) is 7.11 Å². The lowest BCUT2D eigenvalue weighted by Crippen LogP contribution is -2.00. The van der Waals surface area contributed by atoms with E-state index in [1.807, 2.05) is 24.3 Å². The van der Waals surface area contributed by atoms with Crippen LogP contribution in [0.4, 0.5) is 0 Å². The van der Waals surface area contributed by atoms with E-state index in [1.165, 1.54) is 0 Å². The molecule has 0 radical (unpaired) electrons. The first-order valence-electron chi connectivity index (χ1n) is 5.79. The van der Waals surface area contributed by atoms with Gasteiger partial charge in [0.2, 0.25) is 0 Å². The molecule has 0 amide bonds. The van der Waals surface area contributed by atoms with E-state index in [1.54, 1.807) is 25.3 Å². The third-order valence-electron chi connectivity index (χ3n) is 2.71. The van der Waals surface area contributed by atoms with Crippen LogP contribution >= 0.6 is 27.5 Å². The van der Waals surface area contributed by atoms with E-state index in [-0.39, 0.29) is 6.61 Å². The maximum atomic E-state index is 9.09. The summed E-state index contributed by atoms with van der Waals surface area (Å²) < 4.78 is 11.9. The summed E-state index contributed by atoms with van der Waals surface area (Å²) in [5.41, 5.74) is 1.22. The van der Waals surface area contributed by atoms with Crippen LogP contribution in [0.1, 0.15) is 11.1 Å². The predicted molar refractivity (Wildman–Crippen MR) is 81.2 cm³/mol. The quantitative estimate of drug-likeness (QED) is 0.810. The van der Waals surface area contributed by atoms with Crippen LogP contribution in [0.5, 0.6) is 11.5 Å². The summed E-state index contributed by atoms with van der Waals surface area (Å²) >= 11 is 9.37. The van der Waals surface area contributed by atoms with Gasteiger partial charge in [0, 0.05) is 10.0 Å². The number of halogens is 2. The molecule has 0 bridgehead atoms. The normalized spacial score (nSPS) is 9.90. The number of ether oxygens (including phenoxy) is 2. The maximum absolute atomic E-state index is 9.09. The minimum absolute atomic E-state index is 0.289. The summed E-state index contributed by atoms with van der Waals surface area (Å²) in [5, 5.41) is 9.48. The van der Waals surface area contributed by atoms with Crippen LogP contribution in [-0.4, -0.2) is 7.11 Å². The molecule has 0 atom stereocenters. The largest absolute Gasteiger partial charge is 0.496 e. The van der Waals surface area contributed by atoms with Crippen molar-refractivity contribution in [3.63, 3.8) is 0 Å². The average molecular weight is 353 g/mol. The molecule has 2 aromatic carbocycles. The fourth-order valence-electron chi connectivity index (χ4n) is 1.75. The van der Waals surface area contributed by atoms with Gasteiger partial charge >= 0.3 is 0 Å². The molecule has 0 fully saturated rings. The molecule has 20 heavy (non-hydrogen) atoms. The summed E-state index contributed by atoms with van der Waals surface area (Å²) in [4.78, 5) is 0. The van der Waals surface area contributed by atoms with Gasteiger partial charge in [0.05, 0.1) is 12.1 Å². The van der Waals surface area contributed by atoms with Gasteiger partial charge < -0.3 is 9.47 Å². The molecule has 0 saturated heterocycles. The average Bonchev–Trinajstić information content (AvgIpc) is 2.45. The van der Waals surface area contributed by atoms with Gasteiger partial charge in [-0.1, -0.05) is 33.6 Å². The molecular weight excluding hydrogens is 342 g/mol. The lowest BCUT2D eigenvalue weighted by molar-refractivity contribution is 0.296. The van der Waals surface area contributed by atoms with E-state index >= 15 is 0 Å². The van der Waals surface area contributed by atoms with Crippen molar-refractivity contribution in [1.29, 1.82) is 5.26 Å². The molecular formula is C15H11BrClNO2. The van der Waals surface area contributed by atoms with Gasteiger partial charge in [-0.3, -0.25) is 0 Å². The lowest BCUT2D eigenvalue weighted by Gasteiger charge is -2.12. The van der Waals surface area contributed by atoms with E-state index in [9.17, 15) is 0 Å². The highest BCUT2D eigenvalue weighted by atomic mass is 79.9. The molecule has 0 aliphatic heterocycles. The van der Waals surface area contributed by atoms with E-state index in [4.69, 9.17) is 26.3 Å². The summed E-state index contributed by atoms with van der Waals surface area (Å²) in [7, 11) is 1.60. The standard InChI is InChI=1S/C15H11BrClNO2/c1-19-14-6-5-11(16)7-10(14)9-20-15-4-2-3-13(17)12(15)8-18/h2-7H,9H2,1H3. The Morgan fingerprint density at radius 2 is 2.05 bits per heavy atom. The Morgan fingerprint density at radius 1 is 1.25 bits per heavy atom. The van der Waals surface area contributed by atoms with Crippen molar-refractivity contribution in [3.05, 3.63) is 57.0 Å². The van der Waals surface area contributed by atoms with Gasteiger partial charge in [-0.15, -0.1) is 0 Å². The Hall–Kier alpha value is -1.70. The van der Waals surface area contributed by atoms with Gasteiger partial charge in [0.15, 0.2) is 0 Å². The first-order chi connectivity index (χ1) is 9.65. The SMILES string of the molecule is COc1ccc(Br)cc1COc1cccc(Cl)c1C#N. The minimum Gasteiger partial charge on any atom is -0.496 e. The van der Waals surface area contributed by atoms with Crippen molar-refractivity contribution >= 4 is 27.5 Å². The second-order valence-corrected chi connectivity index (χ2v) is 5.29. The monoisotopic (exact) mass is 351 g/mol. The van der Waals surface area contributed by atoms with E-state index in [0.29, 0.717) is 16.3 Å². The van der Waals surface area contributed by atoms with Gasteiger partial charge in [0.25, 0.3) is 0 Å². The molecule has 0 N–H and O–H groups in total. The third-order valence-corrected chi connectivity index (χ3v) is 3.52. The predicted octanol–water partition coefficient (Wildman–Crippen LogP) is 4.56. The minimum atomic E-state index is 0.289. The van der Waals surface area contributed by atoms with Crippen LogP contribution in [0.25, 0.3) is 0 Å². The maximum Gasteiger partial charge on any atom is 0.139 e. The Morgan fingerprint density at radius 3 is 2.75 bits per heavy atom. The molecule has 0 saturated carbocycles. The smallest absolute Gasteiger partial charge is 0.139 e.